The zero-order chi connectivity index (χ0) is 10.3. The van der Waals surface area contributed by atoms with Gasteiger partial charge in [0.2, 0.25) is 5.84 Å². The molecule has 0 fully saturated rings. The molecule has 8 nitrogen and oxygen atoms in total. The molecule has 1 amide bonds. The molecule has 0 bridgehead atoms. The molecule has 0 saturated heterocycles. The smallest absolute Gasteiger partial charge is 0.305 e. The molecule has 0 atom stereocenters. The zero-order valence-corrected chi connectivity index (χ0v) is 6.78. The van der Waals surface area contributed by atoms with E-state index >= 15 is 0 Å². The van der Waals surface area contributed by atoms with Crippen LogP contribution in [0.5, 0.6) is 0 Å². The van der Waals surface area contributed by atoms with Crippen LogP contribution in [0.2, 0.25) is 0 Å². The minimum absolute atomic E-state index is 0.00500. The van der Waals surface area contributed by atoms with Gasteiger partial charge in [-0.05, 0) is 0 Å². The monoisotopic (exact) mass is 189 g/mol. The number of carboxylic acid groups (broad SMARTS) is 1. The van der Waals surface area contributed by atoms with Crippen LogP contribution in [0, 0.1) is 0 Å². The Morgan fingerprint density at radius 3 is 2.54 bits per heavy atom. The van der Waals surface area contributed by atoms with Crippen molar-refractivity contribution in [1.29, 1.82) is 0 Å². The first-order valence-corrected chi connectivity index (χ1v) is 3.36. The number of hydrogen-bond donors (Lipinski definition) is 5. The fourth-order valence-corrected chi connectivity index (χ4v) is 0.494. The lowest BCUT2D eigenvalue weighted by Crippen LogP contribution is -2.39. The van der Waals surface area contributed by atoms with Gasteiger partial charge in [0.25, 0.3) is 5.91 Å². The number of amides is 1. The van der Waals surface area contributed by atoms with Crippen LogP contribution >= 0.6 is 0 Å². The minimum atomic E-state index is -1.01. The Hall–Kier alpha value is -1.83. The van der Waals surface area contributed by atoms with Crippen molar-refractivity contribution in [2.45, 2.75) is 6.42 Å². The fourth-order valence-electron chi connectivity index (χ4n) is 0.494. The van der Waals surface area contributed by atoms with Gasteiger partial charge in [0.05, 0.1) is 6.42 Å². The highest BCUT2D eigenvalue weighted by atomic mass is 16.4. The Morgan fingerprint density at radius 2 is 2.08 bits per heavy atom. The zero-order valence-electron chi connectivity index (χ0n) is 6.78. The van der Waals surface area contributed by atoms with Gasteiger partial charge >= 0.3 is 5.97 Å². The summed E-state index contributed by atoms with van der Waals surface area (Å²) < 4.78 is 0. The molecule has 0 radical (unpaired) electrons. The molecule has 7 N–H and O–H groups in total. The van der Waals surface area contributed by atoms with Crippen molar-refractivity contribution in [2.75, 3.05) is 6.54 Å². The van der Waals surface area contributed by atoms with Crippen LogP contribution in [0.15, 0.2) is 5.10 Å². The van der Waals surface area contributed by atoms with Gasteiger partial charge in [-0.25, -0.2) is 11.4 Å². The van der Waals surface area contributed by atoms with E-state index in [2.05, 4.69) is 10.4 Å². The van der Waals surface area contributed by atoms with Gasteiger partial charge in [0, 0.05) is 6.54 Å². The summed E-state index contributed by atoms with van der Waals surface area (Å²) in [5.74, 6) is 2.72. The SMILES string of the molecule is NN/N=C(\N)C(=O)NCCC(=O)O. The number of aliphatic carboxylic acids is 1. The van der Waals surface area contributed by atoms with Crippen molar-refractivity contribution in [2.24, 2.45) is 16.7 Å². The highest BCUT2D eigenvalue weighted by Crippen LogP contribution is 1.75. The second kappa shape index (κ2) is 5.77. The van der Waals surface area contributed by atoms with Crippen molar-refractivity contribution in [3.63, 3.8) is 0 Å². The average Bonchev–Trinajstić information content (AvgIpc) is 2.04. The van der Waals surface area contributed by atoms with Crippen LogP contribution in [-0.2, 0) is 9.59 Å². The number of carboxylic acids is 1. The summed E-state index contributed by atoms with van der Waals surface area (Å²) >= 11 is 0. The Labute approximate surface area is 73.9 Å². The van der Waals surface area contributed by atoms with Crippen molar-refractivity contribution in [3.05, 3.63) is 0 Å². The van der Waals surface area contributed by atoms with E-state index in [0.29, 0.717) is 0 Å². The van der Waals surface area contributed by atoms with Crippen molar-refractivity contribution in [3.8, 4) is 0 Å². The third-order valence-corrected chi connectivity index (χ3v) is 1.04. The minimum Gasteiger partial charge on any atom is -0.481 e. The molecule has 13 heavy (non-hydrogen) atoms. The number of amidine groups is 1. The number of rotatable bonds is 4. The van der Waals surface area contributed by atoms with Crippen molar-refractivity contribution < 1.29 is 14.7 Å². The number of hydrazone groups is 1. The maximum Gasteiger partial charge on any atom is 0.305 e. The summed E-state index contributed by atoms with van der Waals surface area (Å²) in [5, 5.41) is 13.6. The lowest BCUT2D eigenvalue weighted by Gasteiger charge is -2.01. The van der Waals surface area contributed by atoms with Crippen LogP contribution < -0.4 is 22.4 Å². The summed E-state index contributed by atoms with van der Waals surface area (Å²) in [6.45, 7) is -0.00500. The summed E-state index contributed by atoms with van der Waals surface area (Å²) in [5.41, 5.74) is 6.93. The van der Waals surface area contributed by atoms with E-state index in [0.717, 1.165) is 0 Å². The van der Waals surface area contributed by atoms with E-state index in [4.69, 9.17) is 16.7 Å². The Balaban J connectivity index is 3.75. The largest absolute Gasteiger partial charge is 0.481 e. The molecular weight excluding hydrogens is 178 g/mol. The molecule has 0 aliphatic heterocycles. The van der Waals surface area contributed by atoms with Crippen molar-refractivity contribution in [1.82, 2.24) is 10.9 Å². The first kappa shape index (κ1) is 11.2. The molecule has 0 aromatic heterocycles. The van der Waals surface area contributed by atoms with Crippen LogP contribution in [0.3, 0.4) is 0 Å². The van der Waals surface area contributed by atoms with E-state index in [1.54, 1.807) is 0 Å². The summed E-state index contributed by atoms with van der Waals surface area (Å²) in [6.07, 6.45) is -0.172. The number of nitrogens with zero attached hydrogens (tertiary/aromatic N) is 1. The molecule has 0 unspecified atom stereocenters. The molecule has 74 valence electrons. The lowest BCUT2D eigenvalue weighted by atomic mass is 10.4. The van der Waals surface area contributed by atoms with Gasteiger partial charge in [-0.3, -0.25) is 9.59 Å². The number of carbonyl (C=O) groups is 2. The summed E-state index contributed by atoms with van der Waals surface area (Å²) in [7, 11) is 0. The quantitative estimate of drug-likeness (QED) is 0.141. The maximum absolute atomic E-state index is 10.9. The van der Waals surface area contributed by atoms with Gasteiger partial charge in [-0.2, -0.15) is 0 Å². The molecular formula is C5H11N5O3. The molecule has 0 rings (SSSR count). The Bertz CT molecular complexity index is 226. The van der Waals surface area contributed by atoms with E-state index in [1.807, 2.05) is 5.53 Å². The van der Waals surface area contributed by atoms with Gasteiger partial charge in [0.1, 0.15) is 0 Å². The van der Waals surface area contributed by atoms with E-state index in [9.17, 15) is 9.59 Å². The number of hydrogen-bond acceptors (Lipinski definition) is 5. The lowest BCUT2D eigenvalue weighted by molar-refractivity contribution is -0.136. The third kappa shape index (κ3) is 5.44. The molecule has 0 aromatic rings. The van der Waals surface area contributed by atoms with Gasteiger partial charge in [0.15, 0.2) is 0 Å². The maximum atomic E-state index is 10.9. The highest BCUT2D eigenvalue weighted by molar-refractivity contribution is 6.37. The topological polar surface area (TPSA) is 143 Å². The first-order chi connectivity index (χ1) is 6.07. The number of nitrogens with one attached hydrogen (secondary N) is 2. The van der Waals surface area contributed by atoms with Gasteiger partial charge in [-0.1, -0.05) is 0 Å². The first-order valence-electron chi connectivity index (χ1n) is 3.36. The van der Waals surface area contributed by atoms with E-state index in [-0.39, 0.29) is 18.8 Å². The molecule has 0 saturated carbocycles. The second-order valence-corrected chi connectivity index (χ2v) is 2.03. The normalized spacial score (nSPS) is 10.7. The number of nitrogens with two attached hydrogens (primary N) is 2. The van der Waals surface area contributed by atoms with Crippen LogP contribution in [0.25, 0.3) is 0 Å². The molecule has 0 aromatic carbocycles. The van der Waals surface area contributed by atoms with E-state index < -0.39 is 11.9 Å². The molecule has 0 aliphatic rings. The number of hydrazine groups is 1. The standard InChI is InChI=1S/C5H11N5O3/c6-4(9-10-7)5(13)8-2-1-3(11)12/h10H,1-2,7H2,(H2,6,9)(H,8,13)(H,11,12). The average molecular weight is 189 g/mol. The molecule has 0 spiro atoms. The van der Waals surface area contributed by atoms with Gasteiger partial charge < -0.3 is 16.2 Å². The van der Waals surface area contributed by atoms with Gasteiger partial charge in [-0.15, -0.1) is 5.10 Å². The van der Waals surface area contributed by atoms with Crippen LogP contribution in [-0.4, -0.2) is 29.4 Å². The third-order valence-electron chi connectivity index (χ3n) is 1.04. The Kier molecular flexibility index (Phi) is 4.96. The molecule has 8 heteroatoms. The summed E-state index contributed by atoms with van der Waals surface area (Å²) in [6, 6.07) is 0. The number of carbonyl (C=O) groups excluding carboxylic acids is 1. The fraction of sp³-hybridized carbons (Fsp3) is 0.400. The van der Waals surface area contributed by atoms with Crippen molar-refractivity contribution >= 4 is 17.7 Å². The molecule has 0 aliphatic carbocycles. The second-order valence-electron chi connectivity index (χ2n) is 2.03. The summed E-state index contributed by atoms with van der Waals surface area (Å²) in [4.78, 5) is 20.9. The van der Waals surface area contributed by atoms with Crippen LogP contribution in [0.4, 0.5) is 0 Å². The van der Waals surface area contributed by atoms with E-state index in [1.165, 1.54) is 0 Å². The Morgan fingerprint density at radius 1 is 1.46 bits per heavy atom. The predicted octanol–water partition coefficient (Wildman–Crippen LogP) is -2.69. The highest BCUT2D eigenvalue weighted by Gasteiger charge is 2.06. The predicted molar refractivity (Wildman–Crippen MR) is 44.2 cm³/mol. The van der Waals surface area contributed by atoms with Crippen LogP contribution in [0.1, 0.15) is 6.42 Å². The molecule has 0 heterocycles.